The summed E-state index contributed by atoms with van der Waals surface area (Å²) in [5, 5.41) is 5.39. The number of rotatable bonds is 4. The van der Waals surface area contributed by atoms with Gasteiger partial charge in [0.1, 0.15) is 0 Å². The predicted molar refractivity (Wildman–Crippen MR) is 90.3 cm³/mol. The van der Waals surface area contributed by atoms with Gasteiger partial charge in [-0.25, -0.2) is 9.59 Å². The summed E-state index contributed by atoms with van der Waals surface area (Å²) in [6, 6.07) is 3.80. The smallest absolute Gasteiger partial charge is 0.340 e. The normalized spacial score (nSPS) is 15.6. The molecule has 0 unspecified atom stereocenters. The van der Waals surface area contributed by atoms with Crippen molar-refractivity contribution in [3.05, 3.63) is 33.8 Å². The lowest BCUT2D eigenvalue weighted by Crippen LogP contribution is -2.47. The van der Waals surface area contributed by atoms with E-state index >= 15 is 0 Å². The van der Waals surface area contributed by atoms with Crippen molar-refractivity contribution in [1.82, 2.24) is 10.6 Å². The molecule has 130 valence electrons. The molecule has 1 aromatic rings. The molecule has 1 fully saturated rings. The largest absolute Gasteiger partial charge is 0.449 e. The molecule has 0 heterocycles. The van der Waals surface area contributed by atoms with Gasteiger partial charge in [-0.2, -0.15) is 0 Å². The Labute approximate surface area is 149 Å². The fourth-order valence-corrected chi connectivity index (χ4v) is 2.92. The average Bonchev–Trinajstić information content (AvgIpc) is 2.99. The first-order valence-electron chi connectivity index (χ1n) is 7.64. The van der Waals surface area contributed by atoms with Crippen molar-refractivity contribution in [2.45, 2.75) is 44.8 Å². The highest BCUT2D eigenvalue weighted by molar-refractivity contribution is 6.36. The van der Waals surface area contributed by atoms with E-state index in [4.69, 9.17) is 27.9 Å². The Bertz CT molecular complexity index is 645. The van der Waals surface area contributed by atoms with Crippen molar-refractivity contribution < 1.29 is 19.1 Å². The fourth-order valence-electron chi connectivity index (χ4n) is 2.44. The maximum Gasteiger partial charge on any atom is 0.340 e. The number of halogens is 2. The van der Waals surface area contributed by atoms with Gasteiger partial charge in [0.05, 0.1) is 10.6 Å². The quantitative estimate of drug-likeness (QED) is 0.794. The molecule has 24 heavy (non-hydrogen) atoms. The fraction of sp³-hybridized carbons (Fsp3) is 0.438. The molecule has 3 amide bonds. The molecule has 1 aromatic carbocycles. The van der Waals surface area contributed by atoms with Crippen LogP contribution in [0.3, 0.4) is 0 Å². The molecular formula is C16H18Cl2N2O4. The van der Waals surface area contributed by atoms with Gasteiger partial charge in [0.25, 0.3) is 5.91 Å². The number of benzene rings is 1. The number of nitrogens with one attached hydrogen (secondary N) is 2. The molecule has 1 aliphatic carbocycles. The molecule has 0 aromatic heterocycles. The van der Waals surface area contributed by atoms with Gasteiger partial charge >= 0.3 is 12.0 Å². The third-order valence-corrected chi connectivity index (χ3v) is 4.28. The van der Waals surface area contributed by atoms with E-state index in [1.54, 1.807) is 0 Å². The van der Waals surface area contributed by atoms with Crippen molar-refractivity contribution in [3.8, 4) is 0 Å². The average molecular weight is 373 g/mol. The SMILES string of the molecule is C[C@@H](OC(=O)c1ccc(Cl)cc1Cl)C(=O)NC(=O)NC1CCCC1. The Morgan fingerprint density at radius 3 is 2.50 bits per heavy atom. The van der Waals surface area contributed by atoms with Gasteiger partial charge in [-0.3, -0.25) is 10.1 Å². The van der Waals surface area contributed by atoms with Crippen LogP contribution >= 0.6 is 23.2 Å². The van der Waals surface area contributed by atoms with E-state index < -0.39 is 24.0 Å². The van der Waals surface area contributed by atoms with Crippen LogP contribution in [0.2, 0.25) is 10.0 Å². The lowest BCUT2D eigenvalue weighted by atomic mass is 10.2. The highest BCUT2D eigenvalue weighted by Gasteiger charge is 2.24. The first-order chi connectivity index (χ1) is 11.4. The number of hydrogen-bond donors (Lipinski definition) is 2. The molecule has 8 heteroatoms. The second-order valence-electron chi connectivity index (χ2n) is 5.62. The Morgan fingerprint density at radius 2 is 1.88 bits per heavy atom. The van der Waals surface area contributed by atoms with Crippen molar-refractivity contribution in [3.63, 3.8) is 0 Å². The molecule has 0 spiro atoms. The molecule has 1 atom stereocenters. The van der Waals surface area contributed by atoms with Crippen LogP contribution in [0.5, 0.6) is 0 Å². The van der Waals surface area contributed by atoms with Gasteiger partial charge in [-0.1, -0.05) is 36.0 Å². The third-order valence-electron chi connectivity index (χ3n) is 3.73. The molecule has 0 aliphatic heterocycles. The van der Waals surface area contributed by atoms with Crippen LogP contribution in [-0.4, -0.2) is 30.1 Å². The van der Waals surface area contributed by atoms with Crippen molar-refractivity contribution in [1.29, 1.82) is 0 Å². The number of carbonyl (C=O) groups excluding carboxylic acids is 3. The lowest BCUT2D eigenvalue weighted by molar-refractivity contribution is -0.127. The highest BCUT2D eigenvalue weighted by Crippen LogP contribution is 2.22. The molecule has 1 aliphatic rings. The van der Waals surface area contributed by atoms with Gasteiger partial charge in [-0.05, 0) is 38.0 Å². The summed E-state index contributed by atoms with van der Waals surface area (Å²) < 4.78 is 5.03. The van der Waals surface area contributed by atoms with Gasteiger partial charge < -0.3 is 10.1 Å². The molecular weight excluding hydrogens is 355 g/mol. The monoisotopic (exact) mass is 372 g/mol. The van der Waals surface area contributed by atoms with Crippen LogP contribution in [0, 0.1) is 0 Å². The van der Waals surface area contributed by atoms with E-state index in [0.717, 1.165) is 25.7 Å². The summed E-state index contributed by atoms with van der Waals surface area (Å²) >= 11 is 11.7. The zero-order chi connectivity index (χ0) is 17.7. The summed E-state index contributed by atoms with van der Waals surface area (Å²) in [4.78, 5) is 35.7. The summed E-state index contributed by atoms with van der Waals surface area (Å²) in [6.45, 7) is 1.37. The van der Waals surface area contributed by atoms with Crippen molar-refractivity contribution in [2.24, 2.45) is 0 Å². The molecule has 1 saturated carbocycles. The number of esters is 1. The number of urea groups is 1. The lowest BCUT2D eigenvalue weighted by Gasteiger charge is -2.16. The molecule has 0 saturated heterocycles. The van der Waals surface area contributed by atoms with Gasteiger partial charge in [0.2, 0.25) is 0 Å². The minimum atomic E-state index is -1.14. The summed E-state index contributed by atoms with van der Waals surface area (Å²) in [5.74, 6) is -1.47. The maximum absolute atomic E-state index is 12.0. The minimum Gasteiger partial charge on any atom is -0.449 e. The van der Waals surface area contributed by atoms with E-state index in [-0.39, 0.29) is 16.6 Å². The Kier molecular flexibility index (Phi) is 6.45. The first kappa shape index (κ1) is 18.5. The van der Waals surface area contributed by atoms with Gasteiger partial charge in [0, 0.05) is 11.1 Å². The maximum atomic E-state index is 12.0. The second kappa shape index (κ2) is 8.35. The number of imide groups is 1. The minimum absolute atomic E-state index is 0.0866. The number of ether oxygens (including phenoxy) is 1. The van der Waals surface area contributed by atoms with Crippen LogP contribution < -0.4 is 10.6 Å². The van der Waals surface area contributed by atoms with Crippen molar-refractivity contribution >= 4 is 41.1 Å². The zero-order valence-electron chi connectivity index (χ0n) is 13.1. The van der Waals surface area contributed by atoms with Crippen molar-refractivity contribution in [2.75, 3.05) is 0 Å². The molecule has 2 rings (SSSR count). The Hall–Kier alpha value is -1.79. The van der Waals surface area contributed by atoms with Crippen LogP contribution in [0.25, 0.3) is 0 Å². The Balaban J connectivity index is 1.86. The van der Waals surface area contributed by atoms with Crippen LogP contribution in [0.4, 0.5) is 4.79 Å². The van der Waals surface area contributed by atoms with E-state index in [9.17, 15) is 14.4 Å². The van der Waals surface area contributed by atoms with Crippen LogP contribution in [0.1, 0.15) is 43.0 Å². The molecule has 0 radical (unpaired) electrons. The van der Waals surface area contributed by atoms with E-state index in [2.05, 4.69) is 10.6 Å². The second-order valence-corrected chi connectivity index (χ2v) is 6.46. The molecule has 6 nitrogen and oxygen atoms in total. The predicted octanol–water partition coefficient (Wildman–Crippen LogP) is 3.31. The number of carbonyl (C=O) groups is 3. The molecule has 2 N–H and O–H groups in total. The Morgan fingerprint density at radius 1 is 1.21 bits per heavy atom. The van der Waals surface area contributed by atoms with Crippen LogP contribution in [0.15, 0.2) is 18.2 Å². The standard InChI is InChI=1S/C16H18Cl2N2O4/c1-9(14(21)20-16(23)19-11-4-2-3-5-11)24-15(22)12-7-6-10(17)8-13(12)18/h6-9,11H,2-5H2,1H3,(H2,19,20,21,23)/t9-/m1/s1. The summed E-state index contributed by atoms with van der Waals surface area (Å²) in [6.07, 6.45) is 2.80. The highest BCUT2D eigenvalue weighted by atomic mass is 35.5. The first-order valence-corrected chi connectivity index (χ1v) is 8.40. The van der Waals surface area contributed by atoms with E-state index in [1.807, 2.05) is 0 Å². The molecule has 0 bridgehead atoms. The number of amides is 3. The zero-order valence-corrected chi connectivity index (χ0v) is 14.6. The third kappa shape index (κ3) is 5.11. The topological polar surface area (TPSA) is 84.5 Å². The van der Waals surface area contributed by atoms with E-state index in [1.165, 1.54) is 25.1 Å². The van der Waals surface area contributed by atoms with E-state index in [0.29, 0.717) is 5.02 Å². The summed E-state index contributed by atoms with van der Waals surface area (Å²) in [7, 11) is 0. The van der Waals surface area contributed by atoms with Crippen LogP contribution in [-0.2, 0) is 9.53 Å². The van der Waals surface area contributed by atoms with Gasteiger partial charge in [-0.15, -0.1) is 0 Å². The number of hydrogen-bond acceptors (Lipinski definition) is 4. The summed E-state index contributed by atoms with van der Waals surface area (Å²) in [5.41, 5.74) is 0.0936. The van der Waals surface area contributed by atoms with Gasteiger partial charge in [0.15, 0.2) is 6.10 Å².